The summed E-state index contributed by atoms with van der Waals surface area (Å²) < 4.78 is 1.29. The van der Waals surface area contributed by atoms with Crippen molar-refractivity contribution < 1.29 is 9.59 Å². The number of rotatable bonds is 5. The Morgan fingerprint density at radius 2 is 1.59 bits per heavy atom. The molecule has 1 saturated heterocycles. The summed E-state index contributed by atoms with van der Waals surface area (Å²) in [5.41, 5.74) is 2.52. The normalized spacial score (nSPS) is 14.4. The predicted molar refractivity (Wildman–Crippen MR) is 122 cm³/mol. The second-order valence-electron chi connectivity index (χ2n) is 7.14. The third kappa shape index (κ3) is 4.49. The van der Waals surface area contributed by atoms with E-state index in [1.54, 1.807) is 23.6 Å². The first-order chi connectivity index (χ1) is 14.1. The van der Waals surface area contributed by atoms with Crippen LogP contribution in [0.4, 0.5) is 0 Å². The summed E-state index contributed by atoms with van der Waals surface area (Å²) in [6, 6.07) is 19.0. The molecule has 0 atom stereocenters. The number of fused-ring (bicyclic) bond motifs is 1. The van der Waals surface area contributed by atoms with Crippen molar-refractivity contribution in [3.8, 4) is 11.1 Å². The molecule has 29 heavy (non-hydrogen) atoms. The van der Waals surface area contributed by atoms with Crippen LogP contribution in [0.1, 0.15) is 11.8 Å². The minimum absolute atomic E-state index is 0.0877. The van der Waals surface area contributed by atoms with E-state index >= 15 is 0 Å². The zero-order valence-corrected chi connectivity index (χ0v) is 18.1. The van der Waals surface area contributed by atoms with Gasteiger partial charge in [0.25, 0.3) is 0 Å². The summed E-state index contributed by atoms with van der Waals surface area (Å²) in [5, 5.41) is 1.28. The molecule has 3 aromatic rings. The molecule has 1 fully saturated rings. The SMILES string of the molecule is CC(=O)N1CCN(C(=O)CSCc2sc3ccccc3c2-c2ccccc2)CC1. The van der Waals surface area contributed by atoms with Gasteiger partial charge in [-0.25, -0.2) is 0 Å². The van der Waals surface area contributed by atoms with Gasteiger partial charge in [0.1, 0.15) is 0 Å². The molecule has 0 bridgehead atoms. The molecule has 0 N–H and O–H groups in total. The van der Waals surface area contributed by atoms with Crippen LogP contribution >= 0.6 is 23.1 Å². The fourth-order valence-corrected chi connectivity index (χ4v) is 6.01. The van der Waals surface area contributed by atoms with Gasteiger partial charge < -0.3 is 9.80 Å². The summed E-state index contributed by atoms with van der Waals surface area (Å²) in [7, 11) is 0. The molecule has 1 aliphatic rings. The molecule has 0 saturated carbocycles. The number of hydrogen-bond acceptors (Lipinski definition) is 4. The van der Waals surface area contributed by atoms with Crippen LogP contribution in [0.3, 0.4) is 0 Å². The maximum Gasteiger partial charge on any atom is 0.232 e. The smallest absolute Gasteiger partial charge is 0.232 e. The number of thioether (sulfide) groups is 1. The van der Waals surface area contributed by atoms with E-state index in [4.69, 9.17) is 0 Å². The molecule has 0 spiro atoms. The first kappa shape index (κ1) is 20.0. The molecule has 150 valence electrons. The van der Waals surface area contributed by atoms with Gasteiger partial charge in [0, 0.05) is 59.4 Å². The average Bonchev–Trinajstić information content (AvgIpc) is 3.12. The fourth-order valence-electron chi connectivity index (χ4n) is 3.71. The minimum Gasteiger partial charge on any atom is -0.339 e. The van der Waals surface area contributed by atoms with Crippen molar-refractivity contribution in [2.45, 2.75) is 12.7 Å². The second-order valence-corrected chi connectivity index (χ2v) is 9.26. The summed E-state index contributed by atoms with van der Waals surface area (Å²) in [6.45, 7) is 4.14. The van der Waals surface area contributed by atoms with Crippen molar-refractivity contribution >= 4 is 45.0 Å². The van der Waals surface area contributed by atoms with Gasteiger partial charge in [-0.2, -0.15) is 0 Å². The van der Waals surface area contributed by atoms with Crippen LogP contribution in [0, 0.1) is 0 Å². The summed E-state index contributed by atoms with van der Waals surface area (Å²) in [5.74, 6) is 1.55. The average molecular weight is 425 g/mol. The Bertz CT molecular complexity index is 1010. The van der Waals surface area contributed by atoms with Gasteiger partial charge in [0.05, 0.1) is 5.75 Å². The third-order valence-corrected chi connectivity index (χ3v) is 7.56. The highest BCUT2D eigenvalue weighted by atomic mass is 32.2. The Balaban J connectivity index is 1.43. The van der Waals surface area contributed by atoms with Crippen LogP contribution in [0.15, 0.2) is 54.6 Å². The van der Waals surface area contributed by atoms with Crippen LogP contribution in [0.25, 0.3) is 21.2 Å². The van der Waals surface area contributed by atoms with E-state index < -0.39 is 0 Å². The summed E-state index contributed by atoms with van der Waals surface area (Å²) in [6.07, 6.45) is 0. The predicted octanol–water partition coefficient (Wildman–Crippen LogP) is 4.49. The number of amides is 2. The molecule has 2 aromatic carbocycles. The number of thiophene rings is 1. The lowest BCUT2D eigenvalue weighted by molar-refractivity contribution is -0.136. The molecule has 2 amide bonds. The van der Waals surface area contributed by atoms with Crippen molar-refractivity contribution in [3.05, 3.63) is 59.5 Å². The van der Waals surface area contributed by atoms with Crippen LogP contribution in [-0.2, 0) is 15.3 Å². The highest BCUT2D eigenvalue weighted by molar-refractivity contribution is 7.99. The molecule has 4 nitrogen and oxygen atoms in total. The fraction of sp³-hybridized carbons (Fsp3) is 0.304. The lowest BCUT2D eigenvalue weighted by Crippen LogP contribution is -2.50. The molecule has 6 heteroatoms. The van der Waals surface area contributed by atoms with Crippen molar-refractivity contribution in [1.29, 1.82) is 0 Å². The van der Waals surface area contributed by atoms with Crippen molar-refractivity contribution in [2.24, 2.45) is 0 Å². The third-order valence-electron chi connectivity index (χ3n) is 5.27. The van der Waals surface area contributed by atoms with Gasteiger partial charge in [0.15, 0.2) is 0 Å². The Kier molecular flexibility index (Phi) is 6.21. The minimum atomic E-state index is 0.0877. The lowest BCUT2D eigenvalue weighted by atomic mass is 10.0. The van der Waals surface area contributed by atoms with E-state index in [1.165, 1.54) is 26.1 Å². The van der Waals surface area contributed by atoms with E-state index in [9.17, 15) is 9.59 Å². The maximum absolute atomic E-state index is 12.6. The zero-order chi connectivity index (χ0) is 20.2. The monoisotopic (exact) mass is 424 g/mol. The topological polar surface area (TPSA) is 40.6 Å². The van der Waals surface area contributed by atoms with Crippen LogP contribution < -0.4 is 0 Å². The van der Waals surface area contributed by atoms with E-state index in [2.05, 4.69) is 48.5 Å². The summed E-state index contributed by atoms with van der Waals surface area (Å²) >= 11 is 3.50. The highest BCUT2D eigenvalue weighted by Crippen LogP contribution is 2.40. The van der Waals surface area contributed by atoms with Gasteiger partial charge in [-0.05, 0) is 11.6 Å². The van der Waals surface area contributed by atoms with E-state index in [0.29, 0.717) is 31.9 Å². The zero-order valence-electron chi connectivity index (χ0n) is 16.5. The quantitative estimate of drug-likeness (QED) is 0.606. The maximum atomic E-state index is 12.6. The molecular formula is C23H24N2O2S2. The number of carbonyl (C=O) groups is 2. The highest BCUT2D eigenvalue weighted by Gasteiger charge is 2.22. The Labute approximate surface area is 179 Å². The van der Waals surface area contributed by atoms with Crippen LogP contribution in [0.2, 0.25) is 0 Å². The molecule has 0 aliphatic carbocycles. The number of piperazine rings is 1. The second kappa shape index (κ2) is 9.01. The van der Waals surface area contributed by atoms with E-state index in [0.717, 1.165) is 5.75 Å². The van der Waals surface area contributed by atoms with Crippen LogP contribution in [-0.4, -0.2) is 53.5 Å². The van der Waals surface area contributed by atoms with Crippen molar-refractivity contribution in [1.82, 2.24) is 9.80 Å². The molecule has 0 unspecified atom stereocenters. The van der Waals surface area contributed by atoms with Gasteiger partial charge in [-0.15, -0.1) is 23.1 Å². The van der Waals surface area contributed by atoms with Crippen molar-refractivity contribution in [3.63, 3.8) is 0 Å². The van der Waals surface area contributed by atoms with Gasteiger partial charge in [-0.1, -0.05) is 48.5 Å². The molecule has 2 heterocycles. The molecule has 1 aromatic heterocycles. The summed E-state index contributed by atoms with van der Waals surface area (Å²) in [4.78, 5) is 29.0. The van der Waals surface area contributed by atoms with E-state index in [-0.39, 0.29) is 11.8 Å². The van der Waals surface area contributed by atoms with E-state index in [1.807, 2.05) is 22.3 Å². The van der Waals surface area contributed by atoms with Gasteiger partial charge in [0.2, 0.25) is 11.8 Å². The standard InChI is InChI=1S/C23H24N2O2S2/c1-17(26)24-11-13-25(14-12-24)22(27)16-28-15-21-23(18-7-3-2-4-8-18)19-9-5-6-10-20(19)29-21/h2-10H,11-16H2,1H3. The largest absolute Gasteiger partial charge is 0.339 e. The molecular weight excluding hydrogens is 400 g/mol. The number of carbonyl (C=O) groups excluding carboxylic acids is 2. The van der Waals surface area contributed by atoms with Crippen molar-refractivity contribution in [2.75, 3.05) is 31.9 Å². The Morgan fingerprint density at radius 3 is 2.31 bits per heavy atom. The Morgan fingerprint density at radius 1 is 0.931 bits per heavy atom. The lowest BCUT2D eigenvalue weighted by Gasteiger charge is -2.34. The first-order valence-electron chi connectivity index (χ1n) is 9.80. The van der Waals surface area contributed by atoms with Crippen LogP contribution in [0.5, 0.6) is 0 Å². The molecule has 4 rings (SSSR count). The number of hydrogen-bond donors (Lipinski definition) is 0. The molecule has 1 aliphatic heterocycles. The number of benzene rings is 2. The number of nitrogens with zero attached hydrogens (tertiary/aromatic N) is 2. The Hall–Kier alpha value is -2.31. The van der Waals surface area contributed by atoms with Gasteiger partial charge >= 0.3 is 0 Å². The van der Waals surface area contributed by atoms with Gasteiger partial charge in [-0.3, -0.25) is 9.59 Å². The molecule has 0 radical (unpaired) electrons. The first-order valence-corrected chi connectivity index (χ1v) is 11.8.